The highest BCUT2D eigenvalue weighted by Gasteiger charge is 2.43. The molecular weight excluding hydrogens is 518 g/mol. The lowest BCUT2D eigenvalue weighted by molar-refractivity contribution is -0.138. The molecule has 0 nitrogen and oxygen atoms in total. The molecule has 0 unspecified atom stereocenters. The lowest BCUT2D eigenvalue weighted by Crippen LogP contribution is -2.68. The maximum atomic E-state index is 13.3. The smallest absolute Gasteiger partial charge is 0.181 e. The first-order chi connectivity index (χ1) is 17.6. The summed E-state index contributed by atoms with van der Waals surface area (Å²) in [5.74, 6) is 0. The van der Waals surface area contributed by atoms with Crippen LogP contribution in [0.2, 0.25) is 0 Å². The molecule has 1 aliphatic rings. The molecule has 0 radical (unpaired) electrons. The van der Waals surface area contributed by atoms with E-state index in [-0.39, 0.29) is 16.4 Å². The van der Waals surface area contributed by atoms with Crippen LogP contribution >= 0.6 is 0 Å². The molecule has 0 aromatic heterocycles. The summed E-state index contributed by atoms with van der Waals surface area (Å²) >= 11 is 0. The fourth-order valence-electron chi connectivity index (χ4n) is 4.81. The highest BCUT2D eigenvalue weighted by atomic mass is 19.4. The molecule has 0 spiro atoms. The van der Waals surface area contributed by atoms with E-state index in [0.717, 1.165) is 42.0 Å². The molecule has 0 heterocycles. The van der Waals surface area contributed by atoms with Gasteiger partial charge in [0.1, 0.15) is 0 Å². The molecule has 10 heteroatoms. The quantitative estimate of drug-likeness (QED) is 0.195. The molecule has 196 valence electrons. The topological polar surface area (TPSA) is 0 Å². The number of alkyl halides is 9. The van der Waals surface area contributed by atoms with Crippen LogP contribution in [0.3, 0.4) is 0 Å². The summed E-state index contributed by atoms with van der Waals surface area (Å²) in [6.45, 7) is 1.79. The summed E-state index contributed by atoms with van der Waals surface area (Å²) in [5.41, 5.74) is -0.844. The minimum absolute atomic E-state index is 0.237. The number of halogens is 9. The van der Waals surface area contributed by atoms with Crippen molar-refractivity contribution in [1.82, 2.24) is 0 Å². The lowest BCUT2D eigenvalue weighted by Gasteiger charge is -2.41. The zero-order valence-corrected chi connectivity index (χ0v) is 19.6. The Labute approximate surface area is 212 Å². The predicted octanol–water partition coefficient (Wildman–Crippen LogP) is 6.83. The van der Waals surface area contributed by atoms with Crippen molar-refractivity contribution in [3.05, 3.63) is 125 Å². The van der Waals surface area contributed by atoms with Crippen LogP contribution in [0.25, 0.3) is 0 Å². The Morgan fingerprint density at radius 1 is 0.526 bits per heavy atom. The van der Waals surface area contributed by atoms with Gasteiger partial charge in [-0.05, 0) is 6.92 Å². The normalized spacial score (nSPS) is 14.6. The average Bonchev–Trinajstić information content (AvgIpc) is 2.85. The van der Waals surface area contributed by atoms with E-state index in [2.05, 4.69) is 6.08 Å². The van der Waals surface area contributed by atoms with Gasteiger partial charge in [0.05, 0.1) is 23.3 Å². The van der Waals surface area contributed by atoms with Crippen LogP contribution < -0.4 is 16.4 Å². The van der Waals surface area contributed by atoms with Crippen LogP contribution in [-0.2, 0) is 12.4 Å². The Morgan fingerprint density at radius 3 is 1.24 bits per heavy atom. The van der Waals surface area contributed by atoms with E-state index < -0.39 is 41.4 Å². The first kappa shape index (κ1) is 27.3. The zero-order chi connectivity index (χ0) is 27.9. The van der Waals surface area contributed by atoms with E-state index in [0.29, 0.717) is 5.46 Å². The molecule has 3 aromatic rings. The second-order valence-corrected chi connectivity index (χ2v) is 9.05. The fraction of sp³-hybridized carbons (Fsp3) is 0.143. The third-order valence-corrected chi connectivity index (χ3v) is 6.70. The Morgan fingerprint density at radius 2 is 0.921 bits per heavy atom. The molecular formula is C28H18BF9. The summed E-state index contributed by atoms with van der Waals surface area (Å²) in [6, 6.07) is 15.0. The molecule has 0 N–H and O–H groups in total. The molecule has 0 saturated carbocycles. The number of hydrogen-bond acceptors (Lipinski definition) is 0. The summed E-state index contributed by atoms with van der Waals surface area (Å²) in [7, 11) is 0. The third kappa shape index (κ3) is 5.13. The van der Waals surface area contributed by atoms with Gasteiger partial charge in [-0.15, -0.1) is 0 Å². The van der Waals surface area contributed by atoms with Crippen LogP contribution in [0.15, 0.2) is 102 Å². The predicted molar refractivity (Wildman–Crippen MR) is 129 cm³/mol. The van der Waals surface area contributed by atoms with Gasteiger partial charge < -0.3 is 0 Å². The first-order valence-electron chi connectivity index (χ1n) is 11.3. The summed E-state index contributed by atoms with van der Waals surface area (Å²) in [4.78, 5) is 0. The van der Waals surface area contributed by atoms with E-state index >= 15 is 0 Å². The summed E-state index contributed by atoms with van der Waals surface area (Å²) in [6.07, 6.45) is -11.2. The largest absolute Gasteiger partial charge is 0.450 e. The number of allylic oxidation sites excluding steroid dienone is 6. The average molecular weight is 536 g/mol. The van der Waals surface area contributed by atoms with Crippen molar-refractivity contribution < 1.29 is 39.5 Å². The van der Waals surface area contributed by atoms with E-state index in [1.807, 2.05) is 0 Å². The van der Waals surface area contributed by atoms with Gasteiger partial charge in [-0.1, -0.05) is 83.8 Å². The highest BCUT2D eigenvalue weighted by molar-refractivity contribution is 7.16. The highest BCUT2D eigenvalue weighted by Crippen LogP contribution is 2.33. The molecule has 0 amide bonds. The minimum atomic E-state index is -4.69. The van der Waals surface area contributed by atoms with Crippen LogP contribution in [-0.4, -0.2) is 12.3 Å². The van der Waals surface area contributed by atoms with Gasteiger partial charge in [0.15, 0.2) is 6.15 Å². The van der Waals surface area contributed by atoms with Gasteiger partial charge in [0.2, 0.25) is 5.57 Å². The molecule has 0 atom stereocenters. The van der Waals surface area contributed by atoms with Gasteiger partial charge >= 0.3 is 18.5 Å². The van der Waals surface area contributed by atoms with Crippen LogP contribution in [0, 0.1) is 13.0 Å². The monoisotopic (exact) mass is 536 g/mol. The van der Waals surface area contributed by atoms with Gasteiger partial charge in [0.25, 0.3) is 0 Å². The van der Waals surface area contributed by atoms with E-state index in [9.17, 15) is 39.5 Å². The van der Waals surface area contributed by atoms with Crippen LogP contribution in [0.4, 0.5) is 39.5 Å². The molecule has 38 heavy (non-hydrogen) atoms. The number of hydrogen-bond donors (Lipinski definition) is 0. The molecule has 1 aliphatic carbocycles. The molecule has 0 bridgehead atoms. The van der Waals surface area contributed by atoms with Gasteiger partial charge in [-0.25, -0.2) is 0 Å². The SMILES string of the molecule is Cc1ccc([B-](C2=C[C+]=C(C(F)(F)F)C=C2)(c2ccc(C(F)(F)F)cc2)c2ccc(C(F)(F)F)cc2)cc1. The molecule has 0 fully saturated rings. The number of aryl methyl sites for hydroxylation is 1. The van der Waals surface area contributed by atoms with Crippen molar-refractivity contribution in [1.29, 1.82) is 0 Å². The van der Waals surface area contributed by atoms with E-state index in [4.69, 9.17) is 0 Å². The fourth-order valence-corrected chi connectivity index (χ4v) is 4.81. The standard InChI is InChI=1S/C28H18BF9/c1-18-2-10-22(11-3-18)29(23-12-4-19(5-13-23)26(30,31)32,24-14-6-20(7-15-24)27(33,34)35)25-16-8-21(9-17-25)28(36,37)38/h2-8,10-17H,1H3. The summed E-state index contributed by atoms with van der Waals surface area (Å²) in [5, 5.41) is 0. The van der Waals surface area contributed by atoms with Crippen LogP contribution in [0.5, 0.6) is 0 Å². The lowest BCUT2D eigenvalue weighted by atomic mass is 9.12. The number of rotatable bonds is 4. The van der Waals surface area contributed by atoms with Crippen molar-refractivity contribution in [2.75, 3.05) is 0 Å². The van der Waals surface area contributed by atoms with Crippen molar-refractivity contribution in [3.63, 3.8) is 0 Å². The molecule has 0 aliphatic heterocycles. The van der Waals surface area contributed by atoms with Crippen LogP contribution in [0.1, 0.15) is 16.7 Å². The van der Waals surface area contributed by atoms with Crippen molar-refractivity contribution in [3.8, 4) is 0 Å². The Kier molecular flexibility index (Phi) is 6.83. The second-order valence-electron chi connectivity index (χ2n) is 9.05. The molecule has 0 saturated heterocycles. The number of benzene rings is 3. The van der Waals surface area contributed by atoms with E-state index in [1.165, 1.54) is 30.3 Å². The Balaban J connectivity index is 2.06. The minimum Gasteiger partial charge on any atom is -0.181 e. The Bertz CT molecular complexity index is 1330. The maximum Gasteiger partial charge on any atom is 0.450 e. The maximum absolute atomic E-state index is 13.3. The third-order valence-electron chi connectivity index (χ3n) is 6.70. The van der Waals surface area contributed by atoms with Crippen molar-refractivity contribution >= 4 is 22.5 Å². The molecule has 3 aromatic carbocycles. The van der Waals surface area contributed by atoms with E-state index in [1.54, 1.807) is 31.2 Å². The second kappa shape index (κ2) is 9.51. The first-order valence-corrected chi connectivity index (χ1v) is 11.3. The summed E-state index contributed by atoms with van der Waals surface area (Å²) < 4.78 is 120. The molecule has 4 rings (SSSR count). The van der Waals surface area contributed by atoms with Gasteiger partial charge in [-0.3, -0.25) is 0 Å². The van der Waals surface area contributed by atoms with Crippen molar-refractivity contribution in [2.24, 2.45) is 0 Å². The Hall–Kier alpha value is -3.78. The van der Waals surface area contributed by atoms with Crippen molar-refractivity contribution in [2.45, 2.75) is 25.5 Å². The van der Waals surface area contributed by atoms with Gasteiger partial charge in [-0.2, -0.15) is 55.9 Å². The van der Waals surface area contributed by atoms with Gasteiger partial charge in [0, 0.05) is 12.2 Å². The zero-order valence-electron chi connectivity index (χ0n) is 19.6.